The van der Waals surface area contributed by atoms with Crippen molar-refractivity contribution in [1.29, 1.82) is 0 Å². The average molecular weight is 315 g/mol. The lowest BCUT2D eigenvalue weighted by molar-refractivity contribution is 0.342. The highest BCUT2D eigenvalue weighted by molar-refractivity contribution is 7.89. The summed E-state index contributed by atoms with van der Waals surface area (Å²) < 4.78 is 28.8. The van der Waals surface area contributed by atoms with E-state index in [0.717, 1.165) is 32.6 Å². The predicted octanol–water partition coefficient (Wildman–Crippen LogP) is -0.277. The van der Waals surface area contributed by atoms with Crippen LogP contribution in [-0.4, -0.2) is 62.9 Å². The van der Waals surface area contributed by atoms with Crippen LogP contribution in [0.2, 0.25) is 0 Å². The van der Waals surface area contributed by atoms with Crippen LogP contribution in [-0.2, 0) is 16.6 Å². The summed E-state index contributed by atoms with van der Waals surface area (Å²) in [6, 6.07) is 0. The van der Waals surface area contributed by atoms with Gasteiger partial charge in [-0.3, -0.25) is 4.68 Å². The van der Waals surface area contributed by atoms with E-state index in [1.807, 2.05) is 7.05 Å². The number of nitrogens with one attached hydrogen (secondary N) is 2. The Morgan fingerprint density at radius 1 is 1.48 bits per heavy atom. The second-order valence-electron chi connectivity index (χ2n) is 5.44. The van der Waals surface area contributed by atoms with Crippen LogP contribution in [0.25, 0.3) is 0 Å². The summed E-state index contributed by atoms with van der Waals surface area (Å²) in [4.78, 5) is 2.58. The third-order valence-electron chi connectivity index (χ3n) is 3.89. The molecule has 1 aromatic rings. The molecule has 2 heterocycles. The van der Waals surface area contributed by atoms with Crippen LogP contribution in [0.1, 0.15) is 13.3 Å². The van der Waals surface area contributed by atoms with E-state index in [9.17, 15) is 8.42 Å². The zero-order chi connectivity index (χ0) is 15.3. The third-order valence-corrected chi connectivity index (χ3v) is 5.27. The van der Waals surface area contributed by atoms with Gasteiger partial charge in [-0.15, -0.1) is 0 Å². The highest BCUT2D eigenvalue weighted by atomic mass is 32.2. The van der Waals surface area contributed by atoms with E-state index >= 15 is 0 Å². The Hall–Kier alpha value is -0.960. The summed E-state index contributed by atoms with van der Waals surface area (Å²) in [7, 11) is -1.60. The lowest BCUT2D eigenvalue weighted by Gasteiger charge is -2.13. The van der Waals surface area contributed by atoms with Gasteiger partial charge in [0.25, 0.3) is 0 Å². The quantitative estimate of drug-likeness (QED) is 0.690. The molecule has 0 saturated carbocycles. The van der Waals surface area contributed by atoms with Crippen LogP contribution < -0.4 is 10.0 Å². The van der Waals surface area contributed by atoms with Crippen molar-refractivity contribution in [2.75, 3.05) is 39.8 Å². The van der Waals surface area contributed by atoms with Gasteiger partial charge in [0, 0.05) is 25.8 Å². The first-order chi connectivity index (χ1) is 10.0. The molecule has 0 aromatic carbocycles. The lowest BCUT2D eigenvalue weighted by Crippen LogP contribution is -2.31. The molecule has 8 heteroatoms. The molecule has 0 spiro atoms. The molecule has 2 rings (SSSR count). The first-order valence-electron chi connectivity index (χ1n) is 7.44. The smallest absolute Gasteiger partial charge is 0.243 e. The predicted molar refractivity (Wildman–Crippen MR) is 81.6 cm³/mol. The molecule has 1 aromatic heterocycles. The lowest BCUT2D eigenvalue weighted by atomic mass is 10.1. The van der Waals surface area contributed by atoms with E-state index in [1.54, 1.807) is 10.9 Å². The van der Waals surface area contributed by atoms with Crippen molar-refractivity contribution in [3.8, 4) is 0 Å². The topological polar surface area (TPSA) is 79.3 Å². The fourth-order valence-electron chi connectivity index (χ4n) is 2.51. The van der Waals surface area contributed by atoms with Crippen LogP contribution in [0.5, 0.6) is 0 Å². The Bertz CT molecular complexity index is 543. The van der Waals surface area contributed by atoms with Crippen LogP contribution in [0.4, 0.5) is 0 Å². The summed E-state index contributed by atoms with van der Waals surface area (Å²) >= 11 is 0. The maximum absolute atomic E-state index is 12.2. The minimum absolute atomic E-state index is 0.240. The molecule has 1 aliphatic heterocycles. The molecule has 0 aliphatic carbocycles. The number of likely N-dealkylation sites (tertiary alicyclic amines) is 1. The summed E-state index contributed by atoms with van der Waals surface area (Å²) in [5, 5.41) is 7.08. The van der Waals surface area contributed by atoms with Gasteiger partial charge in [0.1, 0.15) is 4.90 Å². The van der Waals surface area contributed by atoms with E-state index < -0.39 is 10.0 Å². The number of aromatic nitrogens is 2. The van der Waals surface area contributed by atoms with Gasteiger partial charge in [-0.05, 0) is 32.5 Å². The Morgan fingerprint density at radius 2 is 2.29 bits per heavy atom. The minimum atomic E-state index is -3.45. The normalized spacial score (nSPS) is 20.2. The molecule has 120 valence electrons. The highest BCUT2D eigenvalue weighted by Gasteiger charge is 2.24. The molecule has 0 radical (unpaired) electrons. The second-order valence-corrected chi connectivity index (χ2v) is 7.21. The van der Waals surface area contributed by atoms with Gasteiger partial charge in [0.05, 0.1) is 12.7 Å². The molecule has 1 unspecified atom stereocenters. The number of rotatable bonds is 8. The zero-order valence-corrected chi connectivity index (χ0v) is 13.6. The average Bonchev–Trinajstić information content (AvgIpc) is 3.12. The molecule has 7 nitrogen and oxygen atoms in total. The molecule has 1 atom stereocenters. The molecule has 0 bridgehead atoms. The number of hydrogen-bond donors (Lipinski definition) is 2. The number of nitrogens with zero attached hydrogens (tertiary/aromatic N) is 3. The molecule has 1 fully saturated rings. The molecular weight excluding hydrogens is 290 g/mol. The van der Waals surface area contributed by atoms with Gasteiger partial charge in [-0.1, -0.05) is 6.92 Å². The first-order valence-corrected chi connectivity index (χ1v) is 8.92. The van der Waals surface area contributed by atoms with Gasteiger partial charge in [-0.25, -0.2) is 13.1 Å². The van der Waals surface area contributed by atoms with Crippen molar-refractivity contribution in [3.63, 3.8) is 0 Å². The Labute approximate surface area is 126 Å². The van der Waals surface area contributed by atoms with E-state index in [0.29, 0.717) is 19.0 Å². The fourth-order valence-corrected chi connectivity index (χ4v) is 3.58. The number of hydrogen-bond acceptors (Lipinski definition) is 5. The third kappa shape index (κ3) is 4.50. The largest absolute Gasteiger partial charge is 0.318 e. The Balaban J connectivity index is 1.88. The van der Waals surface area contributed by atoms with Gasteiger partial charge >= 0.3 is 0 Å². The second kappa shape index (κ2) is 7.35. The van der Waals surface area contributed by atoms with Gasteiger partial charge in [0.15, 0.2) is 0 Å². The summed E-state index contributed by atoms with van der Waals surface area (Å²) in [6.07, 6.45) is 4.04. The number of likely N-dealkylation sites (N-methyl/N-ethyl adjacent to an activating group) is 1. The van der Waals surface area contributed by atoms with E-state index in [1.165, 1.54) is 6.20 Å². The van der Waals surface area contributed by atoms with Crippen LogP contribution in [0, 0.1) is 5.92 Å². The standard InChI is InChI=1S/C13H25N5O2S/c1-3-17-6-4-12(10-17)8-16-21(19,20)13-9-15-18(11-13)7-5-14-2/h9,11-12,14,16H,3-8,10H2,1-2H3. The molecule has 1 aliphatic rings. The zero-order valence-electron chi connectivity index (χ0n) is 12.7. The van der Waals surface area contributed by atoms with Crippen molar-refractivity contribution >= 4 is 10.0 Å². The molecule has 21 heavy (non-hydrogen) atoms. The van der Waals surface area contributed by atoms with E-state index in [4.69, 9.17) is 0 Å². The minimum Gasteiger partial charge on any atom is -0.318 e. The Kier molecular flexibility index (Phi) is 5.74. The number of sulfonamides is 1. The SMILES string of the molecule is CCN1CCC(CNS(=O)(=O)c2cnn(CCNC)c2)C1. The van der Waals surface area contributed by atoms with E-state index in [2.05, 4.69) is 27.0 Å². The van der Waals surface area contributed by atoms with Gasteiger partial charge in [-0.2, -0.15) is 5.10 Å². The monoisotopic (exact) mass is 315 g/mol. The summed E-state index contributed by atoms with van der Waals surface area (Å²) in [6.45, 7) is 7.10. The van der Waals surface area contributed by atoms with Crippen molar-refractivity contribution < 1.29 is 8.42 Å². The van der Waals surface area contributed by atoms with Crippen molar-refractivity contribution in [1.82, 2.24) is 24.7 Å². The molecule has 0 amide bonds. The molecule has 1 saturated heterocycles. The highest BCUT2D eigenvalue weighted by Crippen LogP contribution is 2.16. The first kappa shape index (κ1) is 16.4. The maximum atomic E-state index is 12.2. The Morgan fingerprint density at radius 3 is 2.95 bits per heavy atom. The fraction of sp³-hybridized carbons (Fsp3) is 0.769. The van der Waals surface area contributed by atoms with Crippen molar-refractivity contribution in [3.05, 3.63) is 12.4 Å². The summed E-state index contributed by atoms with van der Waals surface area (Å²) in [5.74, 6) is 0.402. The molecular formula is C13H25N5O2S. The van der Waals surface area contributed by atoms with E-state index in [-0.39, 0.29) is 4.90 Å². The maximum Gasteiger partial charge on any atom is 0.243 e. The molecule has 2 N–H and O–H groups in total. The van der Waals surface area contributed by atoms with Gasteiger partial charge in [0.2, 0.25) is 10.0 Å². The van der Waals surface area contributed by atoms with Crippen LogP contribution >= 0.6 is 0 Å². The van der Waals surface area contributed by atoms with Crippen molar-refractivity contribution in [2.45, 2.75) is 24.8 Å². The summed E-state index contributed by atoms with van der Waals surface area (Å²) in [5.41, 5.74) is 0. The van der Waals surface area contributed by atoms with Gasteiger partial charge < -0.3 is 10.2 Å². The van der Waals surface area contributed by atoms with Crippen molar-refractivity contribution in [2.24, 2.45) is 5.92 Å². The van der Waals surface area contributed by atoms with Crippen LogP contribution in [0.15, 0.2) is 17.3 Å². The van der Waals surface area contributed by atoms with Crippen LogP contribution in [0.3, 0.4) is 0 Å².